The molecule has 1 aromatic rings. The van der Waals surface area contributed by atoms with Gasteiger partial charge < -0.3 is 75.1 Å². The van der Waals surface area contributed by atoms with Crippen LogP contribution in [0, 0.1) is 11.8 Å². The van der Waals surface area contributed by atoms with E-state index in [1.807, 2.05) is 43.3 Å². The summed E-state index contributed by atoms with van der Waals surface area (Å²) in [5.74, 6) is -11.4. The Bertz CT molecular complexity index is 2210. The van der Waals surface area contributed by atoms with Crippen LogP contribution in [0.15, 0.2) is 75.9 Å². The molecule has 1 fully saturated rings. The fourth-order valence-electron chi connectivity index (χ4n) is 7.20. The van der Waals surface area contributed by atoms with Gasteiger partial charge in [0.25, 0.3) is 5.91 Å². The predicted molar refractivity (Wildman–Crippen MR) is 266 cm³/mol. The number of aliphatic imine (C=N–C) groups is 2. The highest BCUT2D eigenvalue weighted by Gasteiger charge is 2.33. The largest absolute Gasteiger partial charge is 0.480 e. The van der Waals surface area contributed by atoms with Crippen molar-refractivity contribution in [3.63, 3.8) is 0 Å². The van der Waals surface area contributed by atoms with Gasteiger partial charge in [-0.15, -0.1) is 0 Å². The van der Waals surface area contributed by atoms with Crippen molar-refractivity contribution in [3.05, 3.63) is 71.5 Å². The number of methoxy groups -OCH3 is 1. The maximum atomic E-state index is 14.3. The van der Waals surface area contributed by atoms with Crippen LogP contribution in [0.25, 0.3) is 0 Å². The molecule has 2 rings (SSSR count). The van der Waals surface area contributed by atoms with Gasteiger partial charge in [0.05, 0.1) is 31.0 Å². The summed E-state index contributed by atoms with van der Waals surface area (Å²) < 4.78 is 5.80. The Balaban J connectivity index is 2.67. The predicted octanol–water partition coefficient (Wildman–Crippen LogP) is -1.96. The van der Waals surface area contributed by atoms with Gasteiger partial charge in [-0.3, -0.25) is 43.5 Å². The highest BCUT2D eigenvalue weighted by molar-refractivity contribution is 6.00. The third kappa shape index (κ3) is 22.7. The fourth-order valence-corrected chi connectivity index (χ4v) is 7.20. The third-order valence-corrected chi connectivity index (χ3v) is 11.2. The van der Waals surface area contributed by atoms with Crippen molar-refractivity contribution in [3.8, 4) is 0 Å². The Morgan fingerprint density at radius 2 is 1.35 bits per heavy atom. The first-order valence-corrected chi connectivity index (χ1v) is 23.3. The molecule has 0 aromatic heterocycles. The Hall–Kier alpha value is -7.83. The lowest BCUT2D eigenvalue weighted by atomic mass is 9.94. The molecular weight excluding hydrogens is 939 g/mol. The minimum Gasteiger partial charge on any atom is -0.480 e. The lowest BCUT2D eigenvalue weighted by molar-refractivity contribution is -0.144. The molecule has 1 saturated heterocycles. The van der Waals surface area contributed by atoms with Crippen molar-refractivity contribution in [2.45, 2.75) is 115 Å². The van der Waals surface area contributed by atoms with E-state index in [1.165, 1.54) is 26.0 Å². The van der Waals surface area contributed by atoms with Crippen LogP contribution in [-0.4, -0.2) is 138 Å². The van der Waals surface area contributed by atoms with Crippen LogP contribution in [-0.2, 0) is 54.3 Å². The van der Waals surface area contributed by atoms with E-state index in [4.69, 9.17) is 27.7 Å². The van der Waals surface area contributed by atoms with Crippen LogP contribution < -0.4 is 60.2 Å². The smallest absolute Gasteiger partial charge is 0.326 e. The SMILES string of the molecule is CC=C1NC(=O)CC[C@H](C(=O)O)NC(=O)[C@@H](C)[C@H](/C=C/C(C)=C/[C@H](C)[C@H](Cc2ccccc2)OC)NC(=O)[C@H](CCCN=C(N)N)NC(=O)C[C@H](C(=O)O)NC(=O)[C@H](CCCN=C(N)N)NC(=O)CNC1=O. The zero-order valence-electron chi connectivity index (χ0n) is 41.3. The minimum absolute atomic E-state index is 0.00679. The van der Waals surface area contributed by atoms with Gasteiger partial charge in [0.15, 0.2) is 11.9 Å². The van der Waals surface area contributed by atoms with Gasteiger partial charge in [-0.05, 0) is 57.9 Å². The maximum absolute atomic E-state index is 14.3. The summed E-state index contributed by atoms with van der Waals surface area (Å²) in [4.78, 5) is 127. The third-order valence-electron chi connectivity index (χ3n) is 11.2. The summed E-state index contributed by atoms with van der Waals surface area (Å²) in [5, 5.41) is 37.2. The molecule has 0 aliphatic carbocycles. The van der Waals surface area contributed by atoms with Gasteiger partial charge in [-0.25, -0.2) is 9.59 Å². The fraction of sp³-hybridized carbons (Fsp3) is 0.511. The standard InChI is InChI=1S/C47H71N13O12/c1-6-30-41(65)54-25-39(63)57-33(15-11-21-53-47(50)51)43(67)60-35(45(70)71)24-38(62)56-32(14-10-20-52-46(48)49)42(66)58-31(28(4)40(64)59-34(44(68)69)18-19-37(61)55-30)17-16-26(2)22-27(3)36(72-5)23-29-12-8-7-9-13-29/h6-9,12-13,16-17,22,27-28,31-36H,10-11,14-15,18-21,23-25H2,1-5H3,(H,54,65)(H,55,61)(H,56,62)(H,57,63)(H,58,66)(H,59,64)(H,60,67)(H,68,69)(H,70,71)(H4,48,49,52)(H4,50,51,53)/b17-16+,26-22+,30-6?/t27-,28-,31-,32-,33-,34+,35+,36-/m0/s1. The zero-order chi connectivity index (χ0) is 53.9. The van der Waals surface area contributed by atoms with E-state index in [0.29, 0.717) is 12.0 Å². The highest BCUT2D eigenvalue weighted by atomic mass is 16.5. The summed E-state index contributed by atoms with van der Waals surface area (Å²) in [6.07, 6.45) is 4.79. The summed E-state index contributed by atoms with van der Waals surface area (Å²) in [5.41, 5.74) is 23.2. The van der Waals surface area contributed by atoms with Crippen LogP contribution in [0.3, 0.4) is 0 Å². The van der Waals surface area contributed by atoms with Crippen LogP contribution in [0.4, 0.5) is 0 Å². The number of hydrogen-bond acceptors (Lipinski definition) is 12. The number of nitrogens with one attached hydrogen (secondary N) is 7. The van der Waals surface area contributed by atoms with Crippen LogP contribution in [0.1, 0.15) is 78.2 Å². The second kappa shape index (κ2) is 31.4. The van der Waals surface area contributed by atoms with Crippen molar-refractivity contribution in [2.75, 3.05) is 26.7 Å². The van der Waals surface area contributed by atoms with E-state index in [0.717, 1.165) is 5.56 Å². The molecule has 0 radical (unpaired) electrons. The Morgan fingerprint density at radius 1 is 0.792 bits per heavy atom. The van der Waals surface area contributed by atoms with E-state index in [-0.39, 0.29) is 68.4 Å². The number of rotatable bonds is 17. The molecule has 25 nitrogen and oxygen atoms in total. The highest BCUT2D eigenvalue weighted by Crippen LogP contribution is 2.18. The van der Waals surface area contributed by atoms with Gasteiger partial charge in [-0.1, -0.05) is 74.1 Å². The topological polar surface area (TPSA) is 416 Å². The molecule has 8 atom stereocenters. The van der Waals surface area contributed by atoms with Crippen molar-refractivity contribution in [2.24, 2.45) is 44.8 Å². The molecule has 1 aliphatic rings. The maximum Gasteiger partial charge on any atom is 0.326 e. The van der Waals surface area contributed by atoms with E-state index < -0.39 is 115 Å². The molecule has 7 amide bonds. The number of carboxylic acid groups (broad SMARTS) is 2. The molecule has 17 N–H and O–H groups in total. The number of benzene rings is 1. The summed E-state index contributed by atoms with van der Waals surface area (Å²) in [7, 11) is 1.60. The number of aliphatic carboxylic acids is 2. The first-order chi connectivity index (χ1) is 34.0. The molecule has 1 aromatic carbocycles. The quantitative estimate of drug-likeness (QED) is 0.0265. The van der Waals surface area contributed by atoms with Gasteiger partial charge in [-0.2, -0.15) is 0 Å². The molecule has 0 saturated carbocycles. The summed E-state index contributed by atoms with van der Waals surface area (Å²) in [6.45, 7) is 5.86. The summed E-state index contributed by atoms with van der Waals surface area (Å²) >= 11 is 0. The van der Waals surface area contributed by atoms with Crippen molar-refractivity contribution >= 4 is 65.2 Å². The molecule has 0 spiro atoms. The molecule has 72 heavy (non-hydrogen) atoms. The lowest BCUT2D eigenvalue weighted by Gasteiger charge is -2.27. The second-order valence-corrected chi connectivity index (χ2v) is 17.0. The van der Waals surface area contributed by atoms with Gasteiger partial charge in [0.1, 0.15) is 29.9 Å². The Kier molecular flexibility index (Phi) is 26.3. The normalized spacial score (nSPS) is 23.3. The van der Waals surface area contributed by atoms with E-state index >= 15 is 0 Å². The number of carbonyl (C=O) groups excluding carboxylic acids is 7. The van der Waals surface area contributed by atoms with Crippen LogP contribution in [0.2, 0.25) is 0 Å². The molecule has 25 heteroatoms. The average Bonchev–Trinajstić information content (AvgIpc) is 3.32. The number of guanidine groups is 2. The van der Waals surface area contributed by atoms with Gasteiger partial charge in [0, 0.05) is 32.5 Å². The number of nitrogens with two attached hydrogens (primary N) is 4. The van der Waals surface area contributed by atoms with Gasteiger partial charge in [0.2, 0.25) is 35.4 Å². The first-order valence-electron chi connectivity index (χ1n) is 23.3. The zero-order valence-corrected chi connectivity index (χ0v) is 41.3. The number of nitrogens with zero attached hydrogens (tertiary/aromatic N) is 2. The number of carboxylic acids is 2. The molecule has 1 heterocycles. The number of allylic oxidation sites excluding steroid dienone is 3. The van der Waals surface area contributed by atoms with Crippen LogP contribution >= 0.6 is 0 Å². The average molecular weight is 1010 g/mol. The Labute approximate surface area is 417 Å². The van der Waals surface area contributed by atoms with Crippen molar-refractivity contribution in [1.82, 2.24) is 37.2 Å². The van der Waals surface area contributed by atoms with E-state index in [9.17, 15) is 53.4 Å². The summed E-state index contributed by atoms with van der Waals surface area (Å²) in [6, 6.07) is 2.15. The number of ether oxygens (including phenoxy) is 1. The lowest BCUT2D eigenvalue weighted by Crippen LogP contribution is -2.55. The monoisotopic (exact) mass is 1010 g/mol. The first kappa shape index (κ1) is 60.3. The number of hydrogen-bond donors (Lipinski definition) is 13. The van der Waals surface area contributed by atoms with Crippen molar-refractivity contribution < 1.29 is 58.1 Å². The molecule has 396 valence electrons. The molecule has 1 aliphatic heterocycles. The second-order valence-electron chi connectivity index (χ2n) is 17.0. The van der Waals surface area contributed by atoms with E-state index in [1.54, 1.807) is 20.1 Å². The molecular formula is C47H71N13O12. The number of carbonyl (C=O) groups is 9. The number of amides is 7. The Morgan fingerprint density at radius 3 is 1.89 bits per heavy atom. The van der Waals surface area contributed by atoms with Crippen molar-refractivity contribution in [1.29, 1.82) is 0 Å². The van der Waals surface area contributed by atoms with E-state index in [2.05, 4.69) is 47.2 Å². The molecule has 0 unspecified atom stereocenters. The minimum atomic E-state index is -1.90. The van der Waals surface area contributed by atoms with Crippen LogP contribution in [0.5, 0.6) is 0 Å². The van der Waals surface area contributed by atoms with Gasteiger partial charge >= 0.3 is 11.9 Å². The molecule has 0 bridgehead atoms.